The molecule has 0 bridgehead atoms. The minimum absolute atomic E-state index is 0.0637. The highest BCUT2D eigenvalue weighted by molar-refractivity contribution is 9.10. The number of nitrogens with zero attached hydrogens (tertiary/aromatic N) is 1. The van der Waals surface area contributed by atoms with Crippen LogP contribution in [-0.4, -0.2) is 15.8 Å². The van der Waals surface area contributed by atoms with Gasteiger partial charge in [-0.25, -0.2) is 4.98 Å². The van der Waals surface area contributed by atoms with Crippen LogP contribution in [0.3, 0.4) is 0 Å². The van der Waals surface area contributed by atoms with Gasteiger partial charge in [0.15, 0.2) is 5.78 Å². The van der Waals surface area contributed by atoms with Crippen LogP contribution in [0.15, 0.2) is 16.9 Å². The van der Waals surface area contributed by atoms with Crippen LogP contribution in [0.4, 0.5) is 0 Å². The first-order valence-electron chi connectivity index (χ1n) is 4.25. The van der Waals surface area contributed by atoms with Crippen molar-refractivity contribution in [3.05, 3.63) is 28.1 Å². The molecule has 2 heterocycles. The van der Waals surface area contributed by atoms with E-state index >= 15 is 0 Å². The molecule has 0 radical (unpaired) electrons. The second-order valence-electron chi connectivity index (χ2n) is 3.21. The van der Waals surface area contributed by atoms with E-state index in [9.17, 15) is 4.79 Å². The normalized spacial score (nSPS) is 10.8. The highest BCUT2D eigenvalue weighted by atomic mass is 79.9. The number of nitrogens with one attached hydrogen (secondary N) is 1. The number of aromatic nitrogens is 2. The first-order valence-corrected chi connectivity index (χ1v) is 5.04. The Balaban J connectivity index is 2.85. The first-order chi connectivity index (χ1) is 6.59. The van der Waals surface area contributed by atoms with Crippen molar-refractivity contribution in [2.45, 2.75) is 13.8 Å². The molecule has 0 aliphatic heterocycles. The zero-order valence-electron chi connectivity index (χ0n) is 7.89. The van der Waals surface area contributed by atoms with Crippen LogP contribution in [-0.2, 0) is 0 Å². The minimum Gasteiger partial charge on any atom is -0.359 e. The summed E-state index contributed by atoms with van der Waals surface area (Å²) in [4.78, 5) is 18.6. The standard InChI is InChI=1S/C10H9BrN2O/c1-5-10-7(3-9(11)13-5)8(4-12-10)6(2)14/h3-4,12H,1-2H3. The first kappa shape index (κ1) is 9.40. The summed E-state index contributed by atoms with van der Waals surface area (Å²) in [7, 11) is 0. The highest BCUT2D eigenvalue weighted by Crippen LogP contribution is 2.23. The van der Waals surface area contributed by atoms with Crippen molar-refractivity contribution >= 4 is 32.6 Å². The molecule has 0 saturated heterocycles. The Morgan fingerprint density at radius 1 is 1.57 bits per heavy atom. The van der Waals surface area contributed by atoms with Gasteiger partial charge in [0.05, 0.1) is 11.2 Å². The number of fused-ring (bicyclic) bond motifs is 1. The Bertz CT molecular complexity index is 516. The molecule has 72 valence electrons. The van der Waals surface area contributed by atoms with Crippen molar-refractivity contribution in [3.63, 3.8) is 0 Å². The van der Waals surface area contributed by atoms with Crippen LogP contribution >= 0.6 is 15.9 Å². The molecule has 2 rings (SSSR count). The van der Waals surface area contributed by atoms with E-state index < -0.39 is 0 Å². The molecular formula is C10H9BrN2O. The number of aryl methyl sites for hydroxylation is 1. The van der Waals surface area contributed by atoms with Crippen molar-refractivity contribution in [3.8, 4) is 0 Å². The predicted molar refractivity (Wildman–Crippen MR) is 58.5 cm³/mol. The molecule has 0 saturated carbocycles. The number of halogens is 1. The Hall–Kier alpha value is -1.16. The third-order valence-electron chi connectivity index (χ3n) is 2.20. The van der Waals surface area contributed by atoms with Gasteiger partial charge in [0.1, 0.15) is 4.60 Å². The van der Waals surface area contributed by atoms with Crippen LogP contribution in [0, 0.1) is 6.92 Å². The number of pyridine rings is 1. The van der Waals surface area contributed by atoms with Crippen LogP contribution in [0.25, 0.3) is 10.9 Å². The van der Waals surface area contributed by atoms with Crippen LogP contribution in [0.1, 0.15) is 23.0 Å². The Kier molecular flexibility index (Phi) is 2.15. The highest BCUT2D eigenvalue weighted by Gasteiger charge is 2.10. The predicted octanol–water partition coefficient (Wildman–Crippen LogP) is 2.84. The number of ketones is 1. The molecular weight excluding hydrogens is 244 g/mol. The van der Waals surface area contributed by atoms with Gasteiger partial charge in [-0.1, -0.05) is 0 Å². The fraction of sp³-hybridized carbons (Fsp3) is 0.200. The third-order valence-corrected chi connectivity index (χ3v) is 2.61. The van der Waals surface area contributed by atoms with Gasteiger partial charge in [0.25, 0.3) is 0 Å². The number of H-pyrrole nitrogens is 1. The van der Waals surface area contributed by atoms with E-state index in [2.05, 4.69) is 25.9 Å². The molecule has 0 aliphatic carbocycles. The second kappa shape index (κ2) is 3.20. The number of hydrogen-bond acceptors (Lipinski definition) is 2. The Morgan fingerprint density at radius 3 is 2.93 bits per heavy atom. The molecule has 0 fully saturated rings. The van der Waals surface area contributed by atoms with Crippen molar-refractivity contribution < 1.29 is 4.79 Å². The van der Waals surface area contributed by atoms with Gasteiger partial charge >= 0.3 is 0 Å². The molecule has 0 aromatic carbocycles. The van der Waals surface area contributed by atoms with Crippen LogP contribution in [0.5, 0.6) is 0 Å². The molecule has 14 heavy (non-hydrogen) atoms. The van der Waals surface area contributed by atoms with E-state index in [0.717, 1.165) is 21.2 Å². The fourth-order valence-corrected chi connectivity index (χ4v) is 2.04. The average Bonchev–Trinajstić information content (AvgIpc) is 2.47. The van der Waals surface area contributed by atoms with E-state index in [0.29, 0.717) is 5.56 Å². The molecule has 0 aliphatic rings. The van der Waals surface area contributed by atoms with Crippen molar-refractivity contribution in [1.82, 2.24) is 9.97 Å². The number of Topliss-reactive ketones (excluding diaryl/α,β-unsaturated/α-hetero) is 1. The summed E-state index contributed by atoms with van der Waals surface area (Å²) in [5.74, 6) is 0.0637. The maximum absolute atomic E-state index is 11.3. The molecule has 3 nitrogen and oxygen atoms in total. The molecule has 0 unspecified atom stereocenters. The number of aromatic amines is 1. The molecule has 4 heteroatoms. The summed E-state index contributed by atoms with van der Waals surface area (Å²) in [5.41, 5.74) is 2.53. The second-order valence-corrected chi connectivity index (χ2v) is 4.02. The number of hydrogen-bond donors (Lipinski definition) is 1. The molecule has 0 amide bonds. The maximum atomic E-state index is 11.3. The van der Waals surface area contributed by atoms with Gasteiger partial charge in [-0.3, -0.25) is 4.79 Å². The van der Waals surface area contributed by atoms with Gasteiger partial charge in [-0.15, -0.1) is 0 Å². The van der Waals surface area contributed by atoms with Gasteiger partial charge in [-0.2, -0.15) is 0 Å². The van der Waals surface area contributed by atoms with Gasteiger partial charge in [0, 0.05) is 17.1 Å². The Morgan fingerprint density at radius 2 is 2.29 bits per heavy atom. The SMILES string of the molecule is CC(=O)c1c[nH]c2c(C)nc(Br)cc12. The van der Waals surface area contributed by atoms with E-state index in [1.165, 1.54) is 0 Å². The fourth-order valence-electron chi connectivity index (χ4n) is 1.54. The summed E-state index contributed by atoms with van der Waals surface area (Å²) in [6.07, 6.45) is 1.73. The number of carbonyl (C=O) groups is 1. The third kappa shape index (κ3) is 1.35. The van der Waals surface area contributed by atoms with Gasteiger partial charge in [-0.05, 0) is 35.8 Å². The van der Waals surface area contributed by atoms with Crippen LogP contribution in [0.2, 0.25) is 0 Å². The molecule has 1 N–H and O–H groups in total. The lowest BCUT2D eigenvalue weighted by Gasteiger charge is -1.98. The largest absolute Gasteiger partial charge is 0.359 e. The van der Waals surface area contributed by atoms with Gasteiger partial charge < -0.3 is 4.98 Å². The van der Waals surface area contributed by atoms with Crippen LogP contribution < -0.4 is 0 Å². The quantitative estimate of drug-likeness (QED) is 0.627. The molecule has 0 atom stereocenters. The summed E-state index contributed by atoms with van der Waals surface area (Å²) < 4.78 is 0.754. The average molecular weight is 253 g/mol. The van der Waals surface area contributed by atoms with E-state index in [1.54, 1.807) is 13.1 Å². The lowest BCUT2D eigenvalue weighted by Crippen LogP contribution is -1.90. The zero-order valence-corrected chi connectivity index (χ0v) is 9.47. The topological polar surface area (TPSA) is 45.8 Å². The van der Waals surface area contributed by atoms with Crippen molar-refractivity contribution in [1.29, 1.82) is 0 Å². The summed E-state index contributed by atoms with van der Waals surface area (Å²) in [6.45, 7) is 3.47. The Labute approximate surface area is 89.7 Å². The smallest absolute Gasteiger partial charge is 0.161 e. The zero-order chi connectivity index (χ0) is 10.3. The van der Waals surface area contributed by atoms with E-state index in [1.807, 2.05) is 13.0 Å². The number of rotatable bonds is 1. The van der Waals surface area contributed by atoms with E-state index in [-0.39, 0.29) is 5.78 Å². The monoisotopic (exact) mass is 252 g/mol. The van der Waals surface area contributed by atoms with Crippen molar-refractivity contribution in [2.24, 2.45) is 0 Å². The summed E-state index contributed by atoms with van der Waals surface area (Å²) in [5, 5.41) is 0.928. The minimum atomic E-state index is 0.0637. The molecule has 0 spiro atoms. The molecule has 2 aromatic rings. The number of carbonyl (C=O) groups excluding carboxylic acids is 1. The van der Waals surface area contributed by atoms with E-state index in [4.69, 9.17) is 0 Å². The van der Waals surface area contributed by atoms with Crippen molar-refractivity contribution in [2.75, 3.05) is 0 Å². The van der Waals surface area contributed by atoms with Gasteiger partial charge in [0.2, 0.25) is 0 Å². The lowest BCUT2D eigenvalue weighted by atomic mass is 10.1. The summed E-state index contributed by atoms with van der Waals surface area (Å²) in [6, 6.07) is 1.86. The summed E-state index contributed by atoms with van der Waals surface area (Å²) >= 11 is 3.31. The molecule has 2 aromatic heterocycles. The maximum Gasteiger partial charge on any atom is 0.161 e. The lowest BCUT2D eigenvalue weighted by molar-refractivity contribution is 0.101.